The molecule has 0 spiro atoms. The molecule has 0 aliphatic carbocycles. The predicted molar refractivity (Wildman–Crippen MR) is 96.5 cm³/mol. The molecule has 2 N–H and O–H groups in total. The number of carbonyl (C=O) groups is 1. The number of anilines is 4. The molecule has 1 heterocycles. The number of aromatic nitrogens is 2. The van der Waals surface area contributed by atoms with Gasteiger partial charge in [0.05, 0.1) is 5.02 Å². The van der Waals surface area contributed by atoms with Crippen LogP contribution in [-0.2, 0) is 0 Å². The molecule has 0 aliphatic heterocycles. The summed E-state index contributed by atoms with van der Waals surface area (Å²) in [5, 5.41) is 6.11. The van der Waals surface area contributed by atoms with Gasteiger partial charge in [0.2, 0.25) is 5.95 Å². The molecule has 0 saturated heterocycles. The minimum absolute atomic E-state index is 0.0121. The highest BCUT2D eigenvalue weighted by Gasteiger charge is 2.05. The topological polar surface area (TPSA) is 66.9 Å². The summed E-state index contributed by atoms with van der Waals surface area (Å²) in [6.07, 6.45) is 1.59. The van der Waals surface area contributed by atoms with Crippen LogP contribution < -0.4 is 10.6 Å². The number of nitrogens with one attached hydrogen (secondary N) is 2. The fourth-order valence-electron chi connectivity index (χ4n) is 2.13. The van der Waals surface area contributed by atoms with E-state index in [1.807, 2.05) is 0 Å². The Morgan fingerprint density at radius 1 is 1.04 bits per heavy atom. The Labute approximate surface area is 148 Å². The van der Waals surface area contributed by atoms with E-state index in [2.05, 4.69) is 20.6 Å². The van der Waals surface area contributed by atoms with Crippen LogP contribution in [0.1, 0.15) is 17.3 Å². The van der Waals surface area contributed by atoms with Gasteiger partial charge in [-0.2, -0.15) is 4.98 Å². The number of ketones is 1. The molecule has 1 aromatic heterocycles. The van der Waals surface area contributed by atoms with Crippen LogP contribution >= 0.6 is 11.6 Å². The van der Waals surface area contributed by atoms with Crippen LogP contribution in [0.15, 0.2) is 54.7 Å². The monoisotopic (exact) mass is 356 g/mol. The van der Waals surface area contributed by atoms with Crippen molar-refractivity contribution >= 4 is 40.5 Å². The third-order valence-electron chi connectivity index (χ3n) is 3.40. The van der Waals surface area contributed by atoms with Crippen molar-refractivity contribution in [2.75, 3.05) is 10.6 Å². The third-order valence-corrected chi connectivity index (χ3v) is 3.68. The molecule has 0 radical (unpaired) electrons. The summed E-state index contributed by atoms with van der Waals surface area (Å²) in [7, 11) is 0. The molecule has 0 saturated carbocycles. The van der Waals surface area contributed by atoms with Crippen LogP contribution in [0.25, 0.3) is 0 Å². The van der Waals surface area contributed by atoms with Crippen LogP contribution in [-0.4, -0.2) is 15.8 Å². The van der Waals surface area contributed by atoms with Crippen molar-refractivity contribution in [3.8, 4) is 0 Å². The largest absolute Gasteiger partial charge is 0.340 e. The first kappa shape index (κ1) is 16.9. The minimum atomic E-state index is -0.488. The number of hydrogen-bond acceptors (Lipinski definition) is 5. The SMILES string of the molecule is CC(=O)c1ccc(Nc2ccnc(Nc3ccc(F)c(Cl)c3)n2)cc1. The lowest BCUT2D eigenvalue weighted by Crippen LogP contribution is -2.01. The van der Waals surface area contributed by atoms with Gasteiger partial charge in [-0.3, -0.25) is 4.79 Å². The molecule has 25 heavy (non-hydrogen) atoms. The van der Waals surface area contributed by atoms with Crippen molar-refractivity contribution in [3.05, 3.63) is 71.1 Å². The highest BCUT2D eigenvalue weighted by molar-refractivity contribution is 6.31. The van der Waals surface area contributed by atoms with Gasteiger partial charge in [-0.1, -0.05) is 11.6 Å². The predicted octanol–water partition coefficient (Wildman–Crippen LogP) is 4.96. The second-order valence-corrected chi connectivity index (χ2v) is 5.69. The third kappa shape index (κ3) is 4.30. The summed E-state index contributed by atoms with van der Waals surface area (Å²) < 4.78 is 13.2. The van der Waals surface area contributed by atoms with Crippen molar-refractivity contribution in [3.63, 3.8) is 0 Å². The highest BCUT2D eigenvalue weighted by atomic mass is 35.5. The van der Waals surface area contributed by atoms with E-state index in [1.165, 1.54) is 19.1 Å². The Bertz CT molecular complexity index is 915. The summed E-state index contributed by atoms with van der Waals surface area (Å²) >= 11 is 5.76. The van der Waals surface area contributed by atoms with Gasteiger partial charge in [-0.15, -0.1) is 0 Å². The van der Waals surface area contributed by atoms with Crippen molar-refractivity contribution in [1.29, 1.82) is 0 Å². The van der Waals surface area contributed by atoms with Gasteiger partial charge in [0.25, 0.3) is 0 Å². The lowest BCUT2D eigenvalue weighted by atomic mass is 10.1. The van der Waals surface area contributed by atoms with E-state index in [1.54, 1.807) is 42.6 Å². The maximum Gasteiger partial charge on any atom is 0.229 e. The number of carbonyl (C=O) groups excluding carboxylic acids is 1. The molecule has 0 aliphatic rings. The maximum atomic E-state index is 13.2. The van der Waals surface area contributed by atoms with E-state index in [0.717, 1.165) is 5.69 Å². The van der Waals surface area contributed by atoms with Gasteiger partial charge in [0.1, 0.15) is 11.6 Å². The van der Waals surface area contributed by atoms with Crippen molar-refractivity contribution in [1.82, 2.24) is 9.97 Å². The quantitative estimate of drug-likeness (QED) is 0.632. The summed E-state index contributed by atoms with van der Waals surface area (Å²) in [6, 6.07) is 13.1. The van der Waals surface area contributed by atoms with E-state index >= 15 is 0 Å². The van der Waals surface area contributed by atoms with Crippen molar-refractivity contribution < 1.29 is 9.18 Å². The van der Waals surface area contributed by atoms with E-state index < -0.39 is 5.82 Å². The molecular formula is C18H14ClFN4O. The molecule has 5 nitrogen and oxygen atoms in total. The number of benzene rings is 2. The van der Waals surface area contributed by atoms with E-state index in [-0.39, 0.29) is 10.8 Å². The fraction of sp³-hybridized carbons (Fsp3) is 0.0556. The number of halogens is 2. The number of nitrogens with zero attached hydrogens (tertiary/aromatic N) is 2. The lowest BCUT2D eigenvalue weighted by Gasteiger charge is -2.09. The molecule has 0 amide bonds. The molecule has 2 aromatic carbocycles. The standard InChI is InChI=1S/C18H14ClFN4O/c1-11(25)12-2-4-13(5-3-12)22-17-8-9-21-18(24-17)23-14-6-7-16(20)15(19)10-14/h2-10H,1H3,(H2,21,22,23,24). The Morgan fingerprint density at radius 2 is 1.76 bits per heavy atom. The van der Waals surface area contributed by atoms with Crippen LogP contribution in [0.3, 0.4) is 0 Å². The summed E-state index contributed by atoms with van der Waals surface area (Å²) in [6.45, 7) is 1.52. The summed E-state index contributed by atoms with van der Waals surface area (Å²) in [5.41, 5.74) is 2.01. The number of hydrogen-bond donors (Lipinski definition) is 2. The number of rotatable bonds is 5. The molecular weight excluding hydrogens is 343 g/mol. The van der Waals surface area contributed by atoms with E-state index in [0.29, 0.717) is 23.0 Å². The Hall–Kier alpha value is -2.99. The second-order valence-electron chi connectivity index (χ2n) is 5.28. The maximum absolute atomic E-state index is 13.2. The highest BCUT2D eigenvalue weighted by Crippen LogP contribution is 2.22. The molecule has 7 heteroatoms. The average molecular weight is 357 g/mol. The van der Waals surface area contributed by atoms with Gasteiger partial charge in [-0.25, -0.2) is 9.37 Å². The smallest absolute Gasteiger partial charge is 0.229 e. The molecule has 3 aromatic rings. The summed E-state index contributed by atoms with van der Waals surface area (Å²) in [5.74, 6) is 0.435. The van der Waals surface area contributed by atoms with Crippen LogP contribution in [0.2, 0.25) is 5.02 Å². The lowest BCUT2D eigenvalue weighted by molar-refractivity contribution is 0.101. The first-order chi connectivity index (χ1) is 12.0. The van der Waals surface area contributed by atoms with Gasteiger partial charge in [0.15, 0.2) is 5.78 Å². The van der Waals surface area contributed by atoms with Gasteiger partial charge in [-0.05, 0) is 55.5 Å². The van der Waals surface area contributed by atoms with Crippen LogP contribution in [0.4, 0.5) is 27.5 Å². The zero-order valence-corrected chi connectivity index (χ0v) is 14.0. The second kappa shape index (κ2) is 7.27. The zero-order valence-electron chi connectivity index (χ0n) is 13.3. The first-order valence-electron chi connectivity index (χ1n) is 7.44. The fourth-order valence-corrected chi connectivity index (χ4v) is 2.31. The number of Topliss-reactive ketones (excluding diaryl/α,β-unsaturated/α-hetero) is 1. The first-order valence-corrected chi connectivity index (χ1v) is 7.82. The Morgan fingerprint density at radius 3 is 2.44 bits per heavy atom. The molecule has 0 unspecified atom stereocenters. The van der Waals surface area contributed by atoms with Crippen molar-refractivity contribution in [2.45, 2.75) is 6.92 Å². The molecule has 0 atom stereocenters. The van der Waals surface area contributed by atoms with Crippen LogP contribution in [0, 0.1) is 5.82 Å². The minimum Gasteiger partial charge on any atom is -0.340 e. The molecule has 3 rings (SSSR count). The van der Waals surface area contributed by atoms with Gasteiger partial charge >= 0.3 is 0 Å². The zero-order chi connectivity index (χ0) is 17.8. The normalized spacial score (nSPS) is 10.4. The Kier molecular flexibility index (Phi) is 4.90. The summed E-state index contributed by atoms with van der Waals surface area (Å²) in [4.78, 5) is 19.8. The van der Waals surface area contributed by atoms with Crippen molar-refractivity contribution in [2.24, 2.45) is 0 Å². The molecule has 0 bridgehead atoms. The van der Waals surface area contributed by atoms with Gasteiger partial charge in [0, 0.05) is 23.1 Å². The Balaban J connectivity index is 1.74. The van der Waals surface area contributed by atoms with Gasteiger partial charge < -0.3 is 10.6 Å². The average Bonchev–Trinajstić information content (AvgIpc) is 2.59. The molecule has 126 valence electrons. The van der Waals surface area contributed by atoms with Crippen LogP contribution in [0.5, 0.6) is 0 Å². The van der Waals surface area contributed by atoms with E-state index in [4.69, 9.17) is 11.6 Å². The molecule has 0 fully saturated rings. The van der Waals surface area contributed by atoms with E-state index in [9.17, 15) is 9.18 Å².